The predicted molar refractivity (Wildman–Crippen MR) is 153 cm³/mol. The normalized spacial score (nSPS) is 14.0. The van der Waals surface area contributed by atoms with Crippen molar-refractivity contribution < 1.29 is 22.4 Å². The van der Waals surface area contributed by atoms with Crippen molar-refractivity contribution >= 4 is 46.6 Å². The molecule has 2 aromatic rings. The first-order valence-corrected chi connectivity index (χ1v) is 17.7. The molecule has 37 heavy (non-hydrogen) atoms. The molecule has 0 aliphatic rings. The van der Waals surface area contributed by atoms with Gasteiger partial charge in [0.1, 0.15) is 11.0 Å². The van der Waals surface area contributed by atoms with Crippen LogP contribution < -0.4 is 0 Å². The van der Waals surface area contributed by atoms with Gasteiger partial charge < -0.3 is 9.16 Å². The Balaban J connectivity index is 2.35. The zero-order valence-corrected chi connectivity index (χ0v) is 26.3. The van der Waals surface area contributed by atoms with Crippen LogP contribution >= 0.6 is 11.6 Å². The molecule has 1 amide bonds. The van der Waals surface area contributed by atoms with Crippen molar-refractivity contribution in [3.05, 3.63) is 35.6 Å². The van der Waals surface area contributed by atoms with E-state index < -0.39 is 35.2 Å². The average Bonchev–Trinajstić information content (AvgIpc) is 2.75. The van der Waals surface area contributed by atoms with Crippen LogP contribution in [0.2, 0.25) is 23.2 Å². The summed E-state index contributed by atoms with van der Waals surface area (Å²) in [6, 6.07) is 4.96. The topological polar surface area (TPSA) is 85.8 Å². The second-order valence-corrected chi connectivity index (χ2v) is 19.2. The molecule has 0 spiro atoms. The molecule has 1 aromatic heterocycles. The fraction of sp³-hybridized carbons (Fsp3) is 0.630. The number of rotatable bonds is 10. The van der Waals surface area contributed by atoms with Crippen LogP contribution in [0.5, 0.6) is 0 Å². The van der Waals surface area contributed by atoms with Crippen LogP contribution in [0.15, 0.2) is 35.5 Å². The van der Waals surface area contributed by atoms with Gasteiger partial charge in [-0.2, -0.15) is 0 Å². The van der Waals surface area contributed by atoms with Gasteiger partial charge in [-0.05, 0) is 64.2 Å². The summed E-state index contributed by atoms with van der Waals surface area (Å²) >= 11 is 6.39. The molecule has 0 N–H and O–H groups in total. The van der Waals surface area contributed by atoms with Crippen molar-refractivity contribution in [1.82, 2.24) is 9.88 Å². The minimum atomic E-state index is -4.00. The molecule has 1 aromatic carbocycles. The van der Waals surface area contributed by atoms with E-state index in [1.165, 1.54) is 17.2 Å². The summed E-state index contributed by atoms with van der Waals surface area (Å²) in [6.45, 7) is 18.8. The molecule has 0 aliphatic heterocycles. The molecule has 0 aliphatic carbocycles. The maximum absolute atomic E-state index is 14.0. The Morgan fingerprint density at radius 2 is 1.76 bits per heavy atom. The van der Waals surface area contributed by atoms with Crippen LogP contribution in [0, 0.1) is 0 Å². The monoisotopic (exact) mass is 570 g/mol. The summed E-state index contributed by atoms with van der Waals surface area (Å²) in [5.41, 5.74) is -0.767. The summed E-state index contributed by atoms with van der Waals surface area (Å²) in [7, 11) is -5.89. The smallest absolute Gasteiger partial charge is 0.411 e. The molecule has 0 saturated heterocycles. The van der Waals surface area contributed by atoms with Gasteiger partial charge in [-0.25, -0.2) is 13.2 Å². The molecule has 7 nitrogen and oxygen atoms in total. The maximum Gasteiger partial charge on any atom is 0.411 e. The molecular formula is C27H43ClN2O5SSi. The predicted octanol–water partition coefficient (Wildman–Crippen LogP) is 7.44. The van der Waals surface area contributed by atoms with Crippen molar-refractivity contribution in [1.29, 1.82) is 0 Å². The SMILES string of the molecule is CC[C@@H](N(CCCCO[Si](C)(C)C(C)(C)C)C(=O)OC(C)(C)C)S(=O)(=O)c1cccc2cncc(Cl)c12. The lowest BCUT2D eigenvalue weighted by atomic mass is 10.2. The minimum absolute atomic E-state index is 0.0825. The highest BCUT2D eigenvalue weighted by molar-refractivity contribution is 7.92. The van der Waals surface area contributed by atoms with Crippen molar-refractivity contribution in [2.24, 2.45) is 0 Å². The van der Waals surface area contributed by atoms with Crippen molar-refractivity contribution in [3.63, 3.8) is 0 Å². The van der Waals surface area contributed by atoms with Crippen LogP contribution in [0.4, 0.5) is 4.79 Å². The second kappa shape index (κ2) is 12.0. The van der Waals surface area contributed by atoms with Crippen LogP contribution in [-0.4, -0.2) is 56.8 Å². The molecule has 208 valence electrons. The first-order chi connectivity index (χ1) is 16.9. The van der Waals surface area contributed by atoms with E-state index in [-0.39, 0.29) is 27.9 Å². The number of carbonyl (C=O) groups excluding carboxylic acids is 1. The zero-order chi connectivity index (χ0) is 28.2. The first kappa shape index (κ1) is 31.5. The third kappa shape index (κ3) is 7.91. The molecule has 0 saturated carbocycles. The Morgan fingerprint density at radius 1 is 1.11 bits per heavy atom. The van der Waals surface area contributed by atoms with Gasteiger partial charge in [0.15, 0.2) is 18.2 Å². The maximum atomic E-state index is 14.0. The van der Waals surface area contributed by atoms with Gasteiger partial charge in [-0.1, -0.05) is 51.4 Å². The van der Waals surface area contributed by atoms with Gasteiger partial charge in [0.2, 0.25) is 0 Å². The standard InChI is InChI=1S/C27H43ClN2O5SSi/c1-10-23(36(32,33)22-15-13-14-20-18-29-19-21(28)24(20)22)30(25(31)35-26(2,3)4)16-11-12-17-34-37(8,9)27(5,6)7/h13-15,18-19,23H,10-12,16-17H2,1-9H3/t23-/m0/s1. The fourth-order valence-electron chi connectivity index (χ4n) is 3.75. The third-order valence-corrected chi connectivity index (χ3v) is 13.8. The Hall–Kier alpha value is -1.68. The quantitative estimate of drug-likeness (QED) is 0.218. The van der Waals surface area contributed by atoms with Gasteiger partial charge in [0.25, 0.3) is 0 Å². The fourth-order valence-corrected chi connectivity index (χ4v) is 7.20. The molecule has 0 fully saturated rings. The summed E-state index contributed by atoms with van der Waals surface area (Å²) in [5.74, 6) is 0. The number of aromatic nitrogens is 1. The molecular weight excluding hydrogens is 528 g/mol. The Labute approximate surface area is 228 Å². The van der Waals surface area contributed by atoms with E-state index in [9.17, 15) is 13.2 Å². The molecule has 0 radical (unpaired) electrons. The number of amides is 1. The lowest BCUT2D eigenvalue weighted by Gasteiger charge is -2.36. The number of carbonyl (C=O) groups is 1. The zero-order valence-electron chi connectivity index (χ0n) is 23.7. The molecule has 1 atom stereocenters. The Kier molecular flexibility index (Phi) is 10.2. The van der Waals surface area contributed by atoms with Crippen LogP contribution in [0.25, 0.3) is 10.8 Å². The van der Waals surface area contributed by atoms with Crippen molar-refractivity contribution in [3.8, 4) is 0 Å². The second-order valence-electron chi connectivity index (χ2n) is 11.9. The number of nitrogens with zero attached hydrogens (tertiary/aromatic N) is 2. The van der Waals surface area contributed by atoms with Gasteiger partial charge in [0.05, 0.1) is 9.92 Å². The number of pyridine rings is 1. The highest BCUT2D eigenvalue weighted by Crippen LogP contribution is 2.37. The van der Waals surface area contributed by atoms with Gasteiger partial charge in [-0.15, -0.1) is 0 Å². The summed E-state index contributed by atoms with van der Waals surface area (Å²) in [4.78, 5) is 18.8. The number of benzene rings is 1. The largest absolute Gasteiger partial charge is 0.444 e. The highest BCUT2D eigenvalue weighted by atomic mass is 35.5. The minimum Gasteiger partial charge on any atom is -0.444 e. The Bertz CT molecular complexity index is 1180. The van der Waals surface area contributed by atoms with Crippen LogP contribution in [0.1, 0.15) is 67.7 Å². The summed E-state index contributed by atoms with van der Waals surface area (Å²) < 4.78 is 40.0. The van der Waals surface area contributed by atoms with E-state index in [0.29, 0.717) is 30.2 Å². The number of ether oxygens (including phenoxy) is 1. The summed E-state index contributed by atoms with van der Waals surface area (Å²) in [5, 5.41) is 0.266. The number of hydrogen-bond acceptors (Lipinski definition) is 6. The van der Waals surface area contributed by atoms with Gasteiger partial charge in [0, 0.05) is 36.3 Å². The Morgan fingerprint density at radius 3 is 2.32 bits per heavy atom. The van der Waals surface area contributed by atoms with Crippen LogP contribution in [-0.2, 0) is 19.0 Å². The first-order valence-electron chi connectivity index (χ1n) is 12.8. The van der Waals surface area contributed by atoms with E-state index in [2.05, 4.69) is 38.8 Å². The number of sulfone groups is 1. The van der Waals surface area contributed by atoms with E-state index in [4.69, 9.17) is 20.8 Å². The molecule has 2 rings (SSSR count). The molecule has 10 heteroatoms. The number of halogens is 1. The lowest BCUT2D eigenvalue weighted by Crippen LogP contribution is -2.47. The number of unbranched alkanes of at least 4 members (excludes halogenated alkanes) is 1. The van der Waals surface area contributed by atoms with Crippen molar-refractivity contribution in [2.45, 2.75) is 102 Å². The summed E-state index contributed by atoms with van der Waals surface area (Å²) in [6.07, 6.45) is 3.84. The average molecular weight is 571 g/mol. The van der Waals surface area contributed by atoms with E-state index in [1.807, 2.05) is 0 Å². The van der Waals surface area contributed by atoms with E-state index >= 15 is 0 Å². The molecule has 1 heterocycles. The number of hydrogen-bond donors (Lipinski definition) is 0. The van der Waals surface area contributed by atoms with Crippen molar-refractivity contribution in [2.75, 3.05) is 13.2 Å². The lowest BCUT2D eigenvalue weighted by molar-refractivity contribution is 0.0213. The highest BCUT2D eigenvalue weighted by Gasteiger charge is 2.38. The van der Waals surface area contributed by atoms with Crippen LogP contribution in [0.3, 0.4) is 0 Å². The van der Waals surface area contributed by atoms with Gasteiger partial charge >= 0.3 is 6.09 Å². The molecule has 0 bridgehead atoms. The number of fused-ring (bicyclic) bond motifs is 1. The molecule has 0 unspecified atom stereocenters. The third-order valence-electron chi connectivity index (χ3n) is 6.75. The van der Waals surface area contributed by atoms with Gasteiger partial charge in [-0.3, -0.25) is 9.88 Å². The van der Waals surface area contributed by atoms with E-state index in [1.54, 1.807) is 46.0 Å². The van der Waals surface area contributed by atoms with E-state index in [0.717, 1.165) is 0 Å².